The van der Waals surface area contributed by atoms with Crippen molar-refractivity contribution in [3.63, 3.8) is 0 Å². The molecule has 0 saturated carbocycles. The molecular weight excluding hydrogens is 430 g/mol. The highest BCUT2D eigenvalue weighted by Gasteiger charge is 2.42. The number of halogens is 1. The Balaban J connectivity index is 1.42. The molecule has 2 N–H and O–H groups in total. The number of nitrogens with zero attached hydrogens (tertiary/aromatic N) is 1. The largest absolute Gasteiger partial charge is 0.348 e. The van der Waals surface area contributed by atoms with Crippen LogP contribution in [-0.4, -0.2) is 42.3 Å². The fourth-order valence-electron chi connectivity index (χ4n) is 3.32. The molecule has 2 unspecified atom stereocenters. The van der Waals surface area contributed by atoms with Crippen LogP contribution in [0.5, 0.6) is 0 Å². The van der Waals surface area contributed by atoms with Crippen LogP contribution in [-0.2, 0) is 16.4 Å². The molecule has 29 heavy (non-hydrogen) atoms. The summed E-state index contributed by atoms with van der Waals surface area (Å²) in [6.45, 7) is 2.36. The maximum Gasteiger partial charge on any atom is 0.251 e. The van der Waals surface area contributed by atoms with E-state index >= 15 is 0 Å². The number of aryl methyl sites for hydroxylation is 1. The van der Waals surface area contributed by atoms with Crippen molar-refractivity contribution in [3.05, 3.63) is 64.2 Å². The van der Waals surface area contributed by atoms with Gasteiger partial charge in [-0.1, -0.05) is 41.6 Å². The summed E-state index contributed by atoms with van der Waals surface area (Å²) in [6, 6.07) is 12.6. The first kappa shape index (κ1) is 20.3. The Hall–Kier alpha value is -2.03. The van der Waals surface area contributed by atoms with Gasteiger partial charge in [0, 0.05) is 28.1 Å². The monoisotopic (exact) mass is 449 g/mol. The minimum Gasteiger partial charge on any atom is -0.348 e. The van der Waals surface area contributed by atoms with Crippen LogP contribution in [0.15, 0.2) is 47.5 Å². The van der Waals surface area contributed by atoms with Gasteiger partial charge in [0.05, 0.1) is 17.5 Å². The number of fused-ring (bicyclic) bond motifs is 1. The van der Waals surface area contributed by atoms with Crippen LogP contribution >= 0.6 is 23.4 Å². The van der Waals surface area contributed by atoms with Gasteiger partial charge in [-0.3, -0.25) is 9.79 Å². The number of sulfone groups is 1. The predicted octanol–water partition coefficient (Wildman–Crippen LogP) is 3.26. The number of rotatable bonds is 4. The van der Waals surface area contributed by atoms with Gasteiger partial charge in [-0.25, -0.2) is 8.42 Å². The number of hydrogen-bond acceptors (Lipinski definition) is 6. The van der Waals surface area contributed by atoms with Crippen molar-refractivity contribution in [3.8, 4) is 0 Å². The minimum atomic E-state index is -2.98. The van der Waals surface area contributed by atoms with Crippen molar-refractivity contribution >= 4 is 50.0 Å². The summed E-state index contributed by atoms with van der Waals surface area (Å²) in [5.74, 6) is 0.109. The SMILES string of the molecule is Cc1ccc(C(=O)NCc2ccc(Cl)cc2)cc1NC1=NC2CS(=O)(=O)CC2S1. The zero-order valence-corrected chi connectivity index (χ0v) is 18.1. The number of amides is 1. The first-order valence-corrected chi connectivity index (χ1v) is 12.2. The van der Waals surface area contributed by atoms with Crippen LogP contribution in [0.4, 0.5) is 5.69 Å². The van der Waals surface area contributed by atoms with Crippen LogP contribution in [0.25, 0.3) is 0 Å². The molecule has 4 rings (SSSR count). The van der Waals surface area contributed by atoms with E-state index < -0.39 is 9.84 Å². The molecule has 0 spiro atoms. The van der Waals surface area contributed by atoms with Crippen molar-refractivity contribution < 1.29 is 13.2 Å². The third-order valence-corrected chi connectivity index (χ3v) is 8.32. The van der Waals surface area contributed by atoms with Crippen molar-refractivity contribution in [2.75, 3.05) is 16.8 Å². The zero-order valence-electron chi connectivity index (χ0n) is 15.7. The standard InChI is InChI=1S/C20H20ClN3O3S2/c1-12-2-5-14(19(25)22-9-13-3-6-15(21)7-4-13)8-16(12)23-20-24-17-10-29(26,27)11-18(17)28-20/h2-8,17-18H,9-11H2,1H3,(H,22,25)(H,23,24). The molecule has 2 aromatic rings. The summed E-state index contributed by atoms with van der Waals surface area (Å²) in [4.78, 5) is 17.1. The van der Waals surface area contributed by atoms with Gasteiger partial charge in [-0.2, -0.15) is 0 Å². The van der Waals surface area contributed by atoms with Crippen molar-refractivity contribution in [1.82, 2.24) is 5.32 Å². The highest BCUT2D eigenvalue weighted by molar-refractivity contribution is 8.15. The molecule has 6 nitrogen and oxygen atoms in total. The second kappa shape index (κ2) is 8.01. The third-order valence-electron chi connectivity index (χ3n) is 4.93. The van der Waals surface area contributed by atoms with E-state index in [2.05, 4.69) is 15.6 Å². The maximum atomic E-state index is 12.5. The Morgan fingerprint density at radius 2 is 1.97 bits per heavy atom. The molecule has 0 radical (unpaired) electrons. The summed E-state index contributed by atoms with van der Waals surface area (Å²) in [5, 5.41) is 7.51. The normalized spacial score (nSPS) is 22.1. The molecule has 1 fully saturated rings. The molecule has 152 valence electrons. The number of carbonyl (C=O) groups is 1. The van der Waals surface area contributed by atoms with Crippen LogP contribution in [0.2, 0.25) is 5.02 Å². The van der Waals surface area contributed by atoms with Gasteiger partial charge in [0.1, 0.15) is 0 Å². The Bertz CT molecular complexity index is 1080. The molecule has 0 bridgehead atoms. The average molecular weight is 450 g/mol. The smallest absolute Gasteiger partial charge is 0.251 e. The van der Waals surface area contributed by atoms with Gasteiger partial charge in [0.2, 0.25) is 0 Å². The van der Waals surface area contributed by atoms with E-state index in [1.165, 1.54) is 11.8 Å². The van der Waals surface area contributed by atoms with Gasteiger partial charge >= 0.3 is 0 Å². The molecule has 0 aliphatic carbocycles. The summed E-state index contributed by atoms with van der Waals surface area (Å²) in [6.07, 6.45) is 0. The lowest BCUT2D eigenvalue weighted by atomic mass is 10.1. The van der Waals surface area contributed by atoms with Crippen LogP contribution in [0.3, 0.4) is 0 Å². The quantitative estimate of drug-likeness (QED) is 0.748. The van der Waals surface area contributed by atoms with E-state index in [0.717, 1.165) is 16.8 Å². The van der Waals surface area contributed by atoms with E-state index in [9.17, 15) is 13.2 Å². The summed E-state index contributed by atoms with van der Waals surface area (Å²) >= 11 is 7.34. The van der Waals surface area contributed by atoms with Gasteiger partial charge in [0.25, 0.3) is 5.91 Å². The first-order valence-electron chi connectivity index (χ1n) is 9.14. The molecule has 2 heterocycles. The molecule has 1 amide bonds. The second-order valence-electron chi connectivity index (χ2n) is 7.20. The summed E-state index contributed by atoms with van der Waals surface area (Å²) in [7, 11) is -2.98. The molecule has 1 saturated heterocycles. The van der Waals surface area contributed by atoms with Crippen molar-refractivity contribution in [2.24, 2.45) is 4.99 Å². The van der Waals surface area contributed by atoms with E-state index in [1.807, 2.05) is 25.1 Å². The zero-order chi connectivity index (χ0) is 20.6. The number of anilines is 1. The maximum absolute atomic E-state index is 12.5. The van der Waals surface area contributed by atoms with Gasteiger partial charge in [-0.15, -0.1) is 0 Å². The second-order valence-corrected chi connectivity index (χ2v) is 11.0. The number of hydrogen-bond donors (Lipinski definition) is 2. The molecule has 0 aromatic heterocycles. The number of thioether (sulfide) groups is 1. The van der Waals surface area contributed by atoms with Gasteiger partial charge in [-0.05, 0) is 42.3 Å². The number of benzene rings is 2. The lowest BCUT2D eigenvalue weighted by Crippen LogP contribution is -2.23. The molecular formula is C20H20ClN3O3S2. The van der Waals surface area contributed by atoms with Gasteiger partial charge in [0.15, 0.2) is 15.0 Å². The van der Waals surface area contributed by atoms with E-state index in [-0.39, 0.29) is 28.7 Å². The van der Waals surface area contributed by atoms with Crippen LogP contribution < -0.4 is 10.6 Å². The predicted molar refractivity (Wildman–Crippen MR) is 119 cm³/mol. The van der Waals surface area contributed by atoms with E-state index in [4.69, 9.17) is 11.6 Å². The van der Waals surface area contributed by atoms with Gasteiger partial charge < -0.3 is 10.6 Å². The topological polar surface area (TPSA) is 87.6 Å². The number of aliphatic imine (C=N–C) groups is 1. The molecule has 2 aromatic carbocycles. The Morgan fingerprint density at radius 1 is 1.21 bits per heavy atom. The van der Waals surface area contributed by atoms with Crippen molar-refractivity contribution in [2.45, 2.75) is 24.8 Å². The molecule has 9 heteroatoms. The fraction of sp³-hybridized carbons (Fsp3) is 0.300. The minimum absolute atomic E-state index is 0.0198. The van der Waals surface area contributed by atoms with E-state index in [0.29, 0.717) is 22.3 Å². The lowest BCUT2D eigenvalue weighted by Gasteiger charge is -2.12. The summed E-state index contributed by atoms with van der Waals surface area (Å²) < 4.78 is 23.4. The van der Waals surface area contributed by atoms with Crippen LogP contribution in [0.1, 0.15) is 21.5 Å². The molecule has 2 atom stereocenters. The highest BCUT2D eigenvalue weighted by atomic mass is 35.5. The van der Waals surface area contributed by atoms with Crippen molar-refractivity contribution in [1.29, 1.82) is 0 Å². The molecule has 2 aliphatic heterocycles. The fourth-order valence-corrected chi connectivity index (χ4v) is 7.11. The Labute approximate surface area is 179 Å². The Kier molecular flexibility index (Phi) is 5.59. The number of nitrogens with one attached hydrogen (secondary N) is 2. The Morgan fingerprint density at radius 3 is 2.69 bits per heavy atom. The lowest BCUT2D eigenvalue weighted by molar-refractivity contribution is 0.0951. The summed E-state index contributed by atoms with van der Waals surface area (Å²) in [5.41, 5.74) is 3.27. The van der Waals surface area contributed by atoms with Crippen LogP contribution in [0, 0.1) is 6.92 Å². The third kappa shape index (κ3) is 4.76. The van der Waals surface area contributed by atoms with E-state index in [1.54, 1.807) is 24.3 Å². The first-order chi connectivity index (χ1) is 13.8. The molecule has 2 aliphatic rings. The number of amidine groups is 1. The average Bonchev–Trinajstić information content (AvgIpc) is 3.15. The number of carbonyl (C=O) groups excluding carboxylic acids is 1. The highest BCUT2D eigenvalue weighted by Crippen LogP contribution is 2.35.